The number of anilines is 1. The van der Waals surface area contributed by atoms with E-state index in [1.54, 1.807) is 6.92 Å². The molecule has 6 rings (SSSR count). The minimum absolute atomic E-state index is 0.0442. The van der Waals surface area contributed by atoms with Crippen LogP contribution in [-0.4, -0.2) is 61.8 Å². The zero-order chi connectivity index (χ0) is 31.6. The molecule has 2 aromatic rings. The average molecular weight is 621 g/mol. The van der Waals surface area contributed by atoms with Gasteiger partial charge in [-0.2, -0.15) is 0 Å². The van der Waals surface area contributed by atoms with Crippen molar-refractivity contribution in [3.8, 4) is 11.5 Å². The Kier molecular flexibility index (Phi) is 7.68. The molecule has 0 saturated carbocycles. The number of benzene rings is 2. The average Bonchev–Trinajstić information content (AvgIpc) is 2.94. The topological polar surface area (TPSA) is 101 Å². The van der Waals surface area contributed by atoms with E-state index in [0.29, 0.717) is 60.5 Å². The number of esters is 1. The van der Waals surface area contributed by atoms with Crippen molar-refractivity contribution in [3.63, 3.8) is 0 Å². The highest BCUT2D eigenvalue weighted by Crippen LogP contribution is 2.48. The van der Waals surface area contributed by atoms with Crippen LogP contribution in [0.3, 0.4) is 0 Å². The molecule has 0 amide bonds. The summed E-state index contributed by atoms with van der Waals surface area (Å²) in [5, 5.41) is 1.37. The third-order valence-electron chi connectivity index (χ3n) is 9.41. The fraction of sp³-hybridized carbons (Fsp3) is 0.559. The zero-order valence-electron chi connectivity index (χ0n) is 26.9. The van der Waals surface area contributed by atoms with Gasteiger partial charge in [0.1, 0.15) is 11.0 Å². The Hall–Kier alpha value is -3.24. The molecule has 236 valence electrons. The number of carbonyl (C=O) groups excluding carboxylic acids is 1. The maximum atomic E-state index is 13.7. The summed E-state index contributed by atoms with van der Waals surface area (Å²) >= 11 is 0. The van der Waals surface area contributed by atoms with Gasteiger partial charge >= 0.3 is 5.97 Å². The van der Waals surface area contributed by atoms with Crippen LogP contribution >= 0.6 is 0 Å². The second kappa shape index (κ2) is 11.0. The molecule has 0 aliphatic carbocycles. The van der Waals surface area contributed by atoms with Gasteiger partial charge in [-0.05, 0) is 90.0 Å². The molecule has 1 unspecified atom stereocenters. The van der Waals surface area contributed by atoms with Crippen molar-refractivity contribution in [2.24, 2.45) is 15.9 Å². The molecule has 2 aromatic carbocycles. The van der Waals surface area contributed by atoms with Gasteiger partial charge < -0.3 is 14.4 Å². The Morgan fingerprint density at radius 2 is 1.77 bits per heavy atom. The summed E-state index contributed by atoms with van der Waals surface area (Å²) in [5.41, 5.74) is 4.17. The molecule has 44 heavy (non-hydrogen) atoms. The highest BCUT2D eigenvalue weighted by molar-refractivity contribution is 7.89. The van der Waals surface area contributed by atoms with E-state index in [9.17, 15) is 13.2 Å². The van der Waals surface area contributed by atoms with E-state index in [2.05, 4.69) is 44.7 Å². The molecular formula is C34H44N4O5S. The van der Waals surface area contributed by atoms with Gasteiger partial charge in [0.2, 0.25) is 10.0 Å². The maximum Gasteiger partial charge on any atom is 0.309 e. The number of rotatable bonds is 6. The summed E-state index contributed by atoms with van der Waals surface area (Å²) < 4.78 is 40.5. The van der Waals surface area contributed by atoms with E-state index >= 15 is 0 Å². The van der Waals surface area contributed by atoms with E-state index < -0.39 is 15.6 Å². The number of nitrogens with zero attached hydrogens (tertiary/aromatic N) is 4. The minimum atomic E-state index is -3.64. The highest BCUT2D eigenvalue weighted by atomic mass is 32.2. The molecule has 0 aromatic heterocycles. The predicted octanol–water partition coefficient (Wildman–Crippen LogP) is 5.26. The van der Waals surface area contributed by atoms with Gasteiger partial charge in [0.05, 0.1) is 29.2 Å². The summed E-state index contributed by atoms with van der Waals surface area (Å²) in [6.07, 6.45) is 3.93. The van der Waals surface area contributed by atoms with E-state index in [1.165, 1.54) is 15.6 Å². The van der Waals surface area contributed by atoms with Crippen molar-refractivity contribution in [1.82, 2.24) is 4.31 Å². The number of hydrogen-bond acceptors (Lipinski definition) is 8. The summed E-state index contributed by atoms with van der Waals surface area (Å²) in [7, 11) is -3.64. The summed E-state index contributed by atoms with van der Waals surface area (Å²) in [6, 6.07) is 8.10. The van der Waals surface area contributed by atoms with Gasteiger partial charge in [-0.15, -0.1) is 0 Å². The SMILES string of the molecule is CCOC(=O)C1CCN(S(=O)(=O)CC2=CC(C)(C)N=c3cc4c(cc32)=Nc2cc3c(cc2O4)N(CC)C(C)(C)CC3C)CC1. The first-order valence-electron chi connectivity index (χ1n) is 15.8. The lowest BCUT2D eigenvalue weighted by molar-refractivity contribution is -0.149. The van der Waals surface area contributed by atoms with Gasteiger partial charge in [-0.25, -0.2) is 17.7 Å². The van der Waals surface area contributed by atoms with Gasteiger partial charge in [0.15, 0.2) is 11.5 Å². The molecule has 9 nitrogen and oxygen atoms in total. The Morgan fingerprint density at radius 1 is 1.05 bits per heavy atom. The number of carbonyl (C=O) groups is 1. The lowest BCUT2D eigenvalue weighted by Gasteiger charge is -2.47. The fourth-order valence-electron chi connectivity index (χ4n) is 7.47. The van der Waals surface area contributed by atoms with Crippen LogP contribution in [0.25, 0.3) is 5.57 Å². The molecular weight excluding hydrogens is 576 g/mol. The Bertz CT molecular complexity index is 1770. The summed E-state index contributed by atoms with van der Waals surface area (Å²) in [6.45, 7) is 16.6. The molecule has 4 heterocycles. The van der Waals surface area contributed by atoms with Crippen LogP contribution < -0.4 is 20.4 Å². The molecule has 1 atom stereocenters. The van der Waals surface area contributed by atoms with Crippen LogP contribution in [0.15, 0.2) is 40.3 Å². The molecule has 0 radical (unpaired) electrons. The van der Waals surface area contributed by atoms with Crippen LogP contribution in [0, 0.1) is 5.92 Å². The van der Waals surface area contributed by atoms with E-state index in [1.807, 2.05) is 32.1 Å². The largest absolute Gasteiger partial charge is 0.466 e. The number of hydrogen-bond donors (Lipinski definition) is 0. The van der Waals surface area contributed by atoms with Gasteiger partial charge in [-0.3, -0.25) is 9.79 Å². The van der Waals surface area contributed by atoms with Gasteiger partial charge in [-0.1, -0.05) is 13.0 Å². The maximum absolute atomic E-state index is 13.7. The smallest absolute Gasteiger partial charge is 0.309 e. The monoisotopic (exact) mass is 620 g/mol. The summed E-state index contributed by atoms with van der Waals surface area (Å²) in [5.74, 6) is 1.08. The predicted molar refractivity (Wildman–Crippen MR) is 172 cm³/mol. The number of ether oxygens (including phenoxy) is 2. The quantitative estimate of drug-likeness (QED) is 0.349. The van der Waals surface area contributed by atoms with Crippen LogP contribution in [-0.2, 0) is 19.6 Å². The Morgan fingerprint density at radius 3 is 2.45 bits per heavy atom. The van der Waals surface area contributed by atoms with Gasteiger partial charge in [0, 0.05) is 48.6 Å². The van der Waals surface area contributed by atoms with Crippen LogP contribution in [0.4, 0.5) is 11.4 Å². The third-order valence-corrected chi connectivity index (χ3v) is 11.2. The fourth-order valence-corrected chi connectivity index (χ4v) is 9.06. The number of fused-ring (bicyclic) bond motifs is 4. The number of piperidine rings is 1. The summed E-state index contributed by atoms with van der Waals surface area (Å²) in [4.78, 5) is 24.6. The molecule has 0 bridgehead atoms. The van der Waals surface area contributed by atoms with Crippen molar-refractivity contribution < 1.29 is 22.7 Å². The van der Waals surface area contributed by atoms with Crippen molar-refractivity contribution in [1.29, 1.82) is 0 Å². The molecule has 4 aliphatic heterocycles. The Balaban J connectivity index is 1.33. The van der Waals surface area contributed by atoms with Crippen LogP contribution in [0.5, 0.6) is 11.5 Å². The van der Waals surface area contributed by atoms with Crippen molar-refractivity contribution >= 4 is 32.9 Å². The molecule has 0 N–H and O–H groups in total. The van der Waals surface area contributed by atoms with Crippen LogP contribution in [0.1, 0.15) is 84.8 Å². The van der Waals surface area contributed by atoms with E-state index in [0.717, 1.165) is 30.0 Å². The van der Waals surface area contributed by atoms with E-state index in [4.69, 9.17) is 19.5 Å². The van der Waals surface area contributed by atoms with Gasteiger partial charge in [0.25, 0.3) is 0 Å². The first-order valence-corrected chi connectivity index (χ1v) is 17.4. The number of sulfonamides is 1. The molecule has 1 saturated heterocycles. The van der Waals surface area contributed by atoms with Crippen molar-refractivity contribution in [3.05, 3.63) is 52.2 Å². The lowest BCUT2D eigenvalue weighted by atomic mass is 9.80. The highest BCUT2D eigenvalue weighted by Gasteiger charge is 2.37. The normalized spacial score (nSPS) is 22.2. The molecule has 1 fully saturated rings. The third kappa shape index (κ3) is 5.55. The van der Waals surface area contributed by atoms with Crippen molar-refractivity contribution in [2.45, 2.75) is 84.7 Å². The second-order valence-corrected chi connectivity index (χ2v) is 15.7. The standard InChI is InChI=1S/C34H44N4O5S/c1-8-38-29-17-31-27(14-24(29)21(3)18-34(38,6)7)35-28-15-25-23(19-33(4,5)36-26(25)16-30(28)43-31)20-44(40,41)37-12-10-22(11-13-37)32(39)42-9-2/h14-17,19,21-22H,8-13,18,20H2,1-7H3. The lowest BCUT2D eigenvalue weighted by Crippen LogP contribution is -2.48. The second-order valence-electron chi connectivity index (χ2n) is 13.7. The zero-order valence-corrected chi connectivity index (χ0v) is 27.8. The first kappa shape index (κ1) is 30.8. The van der Waals surface area contributed by atoms with E-state index in [-0.39, 0.29) is 23.2 Å². The molecule has 4 aliphatic rings. The van der Waals surface area contributed by atoms with Crippen LogP contribution in [0.2, 0.25) is 0 Å². The molecule has 0 spiro atoms. The first-order chi connectivity index (χ1) is 20.7. The minimum Gasteiger partial charge on any atom is -0.466 e. The van der Waals surface area contributed by atoms with Crippen molar-refractivity contribution in [2.75, 3.05) is 36.9 Å². The molecule has 10 heteroatoms. The Labute approximate surface area is 260 Å².